The lowest BCUT2D eigenvalue weighted by Crippen LogP contribution is -2.41. The fraction of sp³-hybridized carbons (Fsp3) is 0.267. The summed E-state index contributed by atoms with van der Waals surface area (Å²) in [6.07, 6.45) is 8.01. The Balaban J connectivity index is 1.35. The van der Waals surface area contributed by atoms with Crippen LogP contribution in [-0.4, -0.2) is 51.2 Å². The lowest BCUT2D eigenvalue weighted by molar-refractivity contribution is -0.133. The van der Waals surface area contributed by atoms with E-state index in [1.165, 1.54) is 6.20 Å². The number of carbonyl (C=O) groups is 2. The predicted octanol–water partition coefficient (Wildman–Crippen LogP) is 4.80. The van der Waals surface area contributed by atoms with E-state index in [1.807, 2.05) is 47.4 Å². The molecule has 10 heteroatoms. The first-order valence-electron chi connectivity index (χ1n) is 13.3. The number of fused-ring (bicyclic) bond motifs is 6. The van der Waals surface area contributed by atoms with Crippen LogP contribution >= 0.6 is 11.6 Å². The van der Waals surface area contributed by atoms with E-state index in [1.54, 1.807) is 29.3 Å². The number of carbonyl (C=O) groups excluding carboxylic acids is 2. The molecule has 0 radical (unpaired) electrons. The molecule has 3 aliphatic heterocycles. The molecule has 7 rings (SSSR count). The number of nitrogens with zero attached hydrogens (tertiary/aromatic N) is 4. The maximum absolute atomic E-state index is 13.6. The van der Waals surface area contributed by atoms with Gasteiger partial charge in [-0.25, -0.2) is 0 Å². The van der Waals surface area contributed by atoms with Crippen LogP contribution in [0.4, 0.5) is 0 Å². The van der Waals surface area contributed by atoms with Gasteiger partial charge >= 0.3 is 0 Å². The summed E-state index contributed by atoms with van der Waals surface area (Å²) in [7, 11) is 0. The van der Waals surface area contributed by atoms with E-state index >= 15 is 0 Å². The molecule has 0 aliphatic carbocycles. The summed E-state index contributed by atoms with van der Waals surface area (Å²) >= 11 is 6.00. The molecule has 3 aliphatic rings. The Morgan fingerprint density at radius 3 is 2.88 bits per heavy atom. The van der Waals surface area contributed by atoms with Gasteiger partial charge in [0.05, 0.1) is 35.6 Å². The molecule has 0 saturated carbocycles. The van der Waals surface area contributed by atoms with Gasteiger partial charge in [-0.2, -0.15) is 5.10 Å². The van der Waals surface area contributed by atoms with Gasteiger partial charge in [0.1, 0.15) is 17.2 Å². The Bertz CT molecular complexity index is 1550. The number of amides is 2. The number of aromatic nitrogens is 3. The van der Waals surface area contributed by atoms with Gasteiger partial charge in [0.2, 0.25) is 5.91 Å². The first-order chi connectivity index (χ1) is 19.5. The number of ether oxygens (including phenoxy) is 2. The van der Waals surface area contributed by atoms with Gasteiger partial charge in [0, 0.05) is 38.4 Å². The van der Waals surface area contributed by atoms with Gasteiger partial charge in [0.15, 0.2) is 0 Å². The van der Waals surface area contributed by atoms with E-state index < -0.39 is 0 Å². The molecule has 204 valence electrons. The number of nitrogens with one attached hydrogen (secondary N) is 1. The highest BCUT2D eigenvalue weighted by Gasteiger charge is 2.32. The van der Waals surface area contributed by atoms with Gasteiger partial charge < -0.3 is 19.7 Å². The van der Waals surface area contributed by atoms with E-state index in [9.17, 15) is 9.59 Å². The molecule has 2 aromatic carbocycles. The van der Waals surface area contributed by atoms with Crippen LogP contribution in [0.1, 0.15) is 45.9 Å². The molecule has 2 aromatic heterocycles. The molecule has 8 bridgehead atoms. The second kappa shape index (κ2) is 11.4. The smallest absolute Gasteiger partial charge is 0.252 e. The van der Waals surface area contributed by atoms with E-state index in [0.717, 1.165) is 16.7 Å². The number of benzene rings is 2. The van der Waals surface area contributed by atoms with Crippen LogP contribution in [0.3, 0.4) is 0 Å². The third kappa shape index (κ3) is 5.65. The molecule has 4 aromatic rings. The van der Waals surface area contributed by atoms with Crippen LogP contribution in [0.5, 0.6) is 17.2 Å². The summed E-state index contributed by atoms with van der Waals surface area (Å²) < 4.78 is 13.8. The van der Waals surface area contributed by atoms with Crippen LogP contribution in [0.2, 0.25) is 5.02 Å². The minimum Gasteiger partial charge on any atom is -0.494 e. The maximum atomic E-state index is 13.6. The van der Waals surface area contributed by atoms with Crippen molar-refractivity contribution in [2.24, 2.45) is 0 Å². The lowest BCUT2D eigenvalue weighted by Gasteiger charge is -2.38. The zero-order chi connectivity index (χ0) is 27.5. The topological polar surface area (TPSA) is 98.6 Å². The van der Waals surface area contributed by atoms with Gasteiger partial charge in [0.25, 0.3) is 5.91 Å². The SMILES string of the molecule is O=C1NCCCOc2cccc(c2)C2c3ccc(cc3CCN2C(=O)CCn2cc(Cl)cn2)Oc2cncc1c2. The fourth-order valence-corrected chi connectivity index (χ4v) is 5.34. The maximum Gasteiger partial charge on any atom is 0.252 e. The van der Waals surface area contributed by atoms with E-state index in [-0.39, 0.29) is 17.9 Å². The third-order valence-corrected chi connectivity index (χ3v) is 7.28. The van der Waals surface area contributed by atoms with Crippen molar-refractivity contribution in [3.63, 3.8) is 0 Å². The molecule has 1 atom stereocenters. The Morgan fingerprint density at radius 1 is 1.07 bits per heavy atom. The molecule has 0 spiro atoms. The zero-order valence-corrected chi connectivity index (χ0v) is 22.5. The molecule has 2 amide bonds. The van der Waals surface area contributed by atoms with E-state index in [0.29, 0.717) is 73.3 Å². The third-order valence-electron chi connectivity index (χ3n) is 7.08. The van der Waals surface area contributed by atoms with Crippen molar-refractivity contribution in [1.82, 2.24) is 25.0 Å². The van der Waals surface area contributed by atoms with Crippen LogP contribution in [0.25, 0.3) is 0 Å². The second-order valence-electron chi connectivity index (χ2n) is 9.81. The Hall–Kier alpha value is -4.37. The summed E-state index contributed by atoms with van der Waals surface area (Å²) in [6, 6.07) is 15.2. The average Bonchev–Trinajstić information content (AvgIpc) is 3.39. The Labute approximate surface area is 236 Å². The number of hydrogen-bond acceptors (Lipinski definition) is 6. The number of halogens is 1. The molecular formula is C30H28ClN5O4. The van der Waals surface area contributed by atoms with Gasteiger partial charge in [-0.3, -0.25) is 19.3 Å². The van der Waals surface area contributed by atoms with Crippen molar-refractivity contribution in [2.45, 2.75) is 31.8 Å². The highest BCUT2D eigenvalue weighted by molar-refractivity contribution is 6.30. The lowest BCUT2D eigenvalue weighted by atomic mass is 9.87. The zero-order valence-electron chi connectivity index (χ0n) is 21.8. The van der Waals surface area contributed by atoms with Crippen molar-refractivity contribution < 1.29 is 19.1 Å². The van der Waals surface area contributed by atoms with Crippen molar-refractivity contribution in [3.8, 4) is 17.2 Å². The van der Waals surface area contributed by atoms with Crippen LogP contribution < -0.4 is 14.8 Å². The van der Waals surface area contributed by atoms with Crippen LogP contribution in [0.15, 0.2) is 73.3 Å². The summed E-state index contributed by atoms with van der Waals surface area (Å²) in [4.78, 5) is 32.3. The van der Waals surface area contributed by atoms with Crippen molar-refractivity contribution in [3.05, 3.63) is 101 Å². The highest BCUT2D eigenvalue weighted by atomic mass is 35.5. The normalized spacial score (nSPS) is 16.8. The predicted molar refractivity (Wildman–Crippen MR) is 149 cm³/mol. The van der Waals surface area contributed by atoms with Crippen molar-refractivity contribution in [2.75, 3.05) is 19.7 Å². The van der Waals surface area contributed by atoms with E-state index in [2.05, 4.69) is 15.4 Å². The van der Waals surface area contributed by atoms with Crippen LogP contribution in [0, 0.1) is 0 Å². The summed E-state index contributed by atoms with van der Waals surface area (Å²) in [5.74, 6) is 1.66. The van der Waals surface area contributed by atoms with Gasteiger partial charge in [-0.1, -0.05) is 29.8 Å². The molecule has 0 fully saturated rings. The largest absolute Gasteiger partial charge is 0.494 e. The molecule has 40 heavy (non-hydrogen) atoms. The molecule has 9 nitrogen and oxygen atoms in total. The first kappa shape index (κ1) is 25.9. The standard InChI is InChI=1S/C30H28ClN5O4/c31-23-17-34-35(19-23)10-8-28(37)36-11-7-20-13-25-5-6-27(20)29(36)21-3-1-4-24(14-21)39-12-2-9-33-30(38)22-15-26(40-25)18-32-16-22/h1,3-6,13-19,29H,2,7-12H2,(H,33,38). The number of rotatable bonds is 3. The van der Waals surface area contributed by atoms with Crippen LogP contribution in [-0.2, 0) is 17.8 Å². The minimum absolute atomic E-state index is 0.0368. The quantitative estimate of drug-likeness (QED) is 0.388. The molecule has 0 saturated heterocycles. The Morgan fingerprint density at radius 2 is 2.00 bits per heavy atom. The fourth-order valence-electron chi connectivity index (χ4n) is 5.18. The highest BCUT2D eigenvalue weighted by Crippen LogP contribution is 2.39. The molecular weight excluding hydrogens is 530 g/mol. The van der Waals surface area contributed by atoms with Crippen molar-refractivity contribution in [1.29, 1.82) is 0 Å². The van der Waals surface area contributed by atoms with Gasteiger partial charge in [-0.15, -0.1) is 0 Å². The van der Waals surface area contributed by atoms with E-state index in [4.69, 9.17) is 21.1 Å². The molecule has 1 unspecified atom stereocenters. The number of aryl methyl sites for hydroxylation is 1. The second-order valence-corrected chi connectivity index (χ2v) is 10.3. The summed E-state index contributed by atoms with van der Waals surface area (Å²) in [6.45, 7) is 1.90. The average molecular weight is 558 g/mol. The minimum atomic E-state index is -0.279. The number of pyridine rings is 1. The van der Waals surface area contributed by atoms with Gasteiger partial charge in [-0.05, 0) is 59.9 Å². The number of hydrogen-bond donors (Lipinski definition) is 1. The Kier molecular flexibility index (Phi) is 7.37. The summed E-state index contributed by atoms with van der Waals surface area (Å²) in [5.41, 5.74) is 3.53. The van der Waals surface area contributed by atoms with Crippen molar-refractivity contribution >= 4 is 23.4 Å². The first-order valence-corrected chi connectivity index (χ1v) is 13.7. The molecule has 5 heterocycles. The monoisotopic (exact) mass is 557 g/mol. The summed E-state index contributed by atoms with van der Waals surface area (Å²) in [5, 5.41) is 7.65. The molecule has 1 N–H and O–H groups in total.